The molecule has 4 N–H and O–H groups in total. The Kier molecular flexibility index (Phi) is 7.89. The lowest BCUT2D eigenvalue weighted by molar-refractivity contribution is 0.0532. The van der Waals surface area contributed by atoms with Crippen LogP contribution in [0.25, 0.3) is 0 Å². The van der Waals surface area contributed by atoms with Crippen molar-refractivity contribution in [2.24, 2.45) is 11.5 Å². The lowest BCUT2D eigenvalue weighted by Gasteiger charge is -2.14. The van der Waals surface area contributed by atoms with Gasteiger partial charge in [-0.2, -0.15) is 0 Å². The van der Waals surface area contributed by atoms with Crippen LogP contribution in [-0.4, -0.2) is 25.8 Å². The number of hydrogen-bond acceptors (Lipinski definition) is 3. The van der Waals surface area contributed by atoms with E-state index in [0.29, 0.717) is 13.1 Å². The molecule has 0 saturated heterocycles. The molecule has 3 heteroatoms. The maximum Gasteiger partial charge on any atom is 0.0709 e. The summed E-state index contributed by atoms with van der Waals surface area (Å²) in [7, 11) is 0. The van der Waals surface area contributed by atoms with Gasteiger partial charge in [0.05, 0.1) is 6.10 Å². The highest BCUT2D eigenvalue weighted by Crippen LogP contribution is 1.97. The Bertz CT molecular complexity index is 78.5. The maximum absolute atomic E-state index is 5.47. The van der Waals surface area contributed by atoms with E-state index in [4.69, 9.17) is 16.2 Å². The summed E-state index contributed by atoms with van der Waals surface area (Å²) in [5.74, 6) is 0. The first kappa shape index (κ1) is 10.9. The maximum atomic E-state index is 5.47. The second-order valence-electron chi connectivity index (χ2n) is 2.66. The summed E-state index contributed by atoms with van der Waals surface area (Å²) in [5, 5.41) is 0. The van der Waals surface area contributed by atoms with Crippen LogP contribution in [0.15, 0.2) is 0 Å². The molecule has 0 spiro atoms. The third-order valence-corrected chi connectivity index (χ3v) is 1.60. The Labute approximate surface area is 69.1 Å². The van der Waals surface area contributed by atoms with Gasteiger partial charge in [-0.15, -0.1) is 0 Å². The Morgan fingerprint density at radius 3 is 2.55 bits per heavy atom. The summed E-state index contributed by atoms with van der Waals surface area (Å²) < 4.78 is 5.47. The molecule has 1 atom stereocenters. The van der Waals surface area contributed by atoms with Crippen LogP contribution in [0, 0.1) is 0 Å². The van der Waals surface area contributed by atoms with Crippen molar-refractivity contribution in [2.75, 3.05) is 19.7 Å². The van der Waals surface area contributed by atoms with Crippen molar-refractivity contribution in [3.05, 3.63) is 0 Å². The molecule has 0 amide bonds. The minimum atomic E-state index is 0.173. The van der Waals surface area contributed by atoms with Gasteiger partial charge in [-0.3, -0.25) is 0 Å². The largest absolute Gasteiger partial charge is 0.377 e. The number of hydrogen-bond donors (Lipinski definition) is 2. The molecule has 0 bridgehead atoms. The van der Waals surface area contributed by atoms with Gasteiger partial charge in [0.25, 0.3) is 0 Å². The fourth-order valence-electron chi connectivity index (χ4n) is 0.849. The molecule has 0 saturated carbocycles. The monoisotopic (exact) mass is 160 g/mol. The van der Waals surface area contributed by atoms with Gasteiger partial charge < -0.3 is 16.2 Å². The van der Waals surface area contributed by atoms with Crippen LogP contribution in [0.5, 0.6) is 0 Å². The number of ether oxygens (including phenoxy) is 1. The summed E-state index contributed by atoms with van der Waals surface area (Å²) in [6, 6.07) is 0. The molecule has 68 valence electrons. The topological polar surface area (TPSA) is 61.3 Å². The normalized spacial score (nSPS) is 13.4. The van der Waals surface area contributed by atoms with E-state index >= 15 is 0 Å². The first-order valence-corrected chi connectivity index (χ1v) is 4.36. The highest BCUT2D eigenvalue weighted by atomic mass is 16.5. The first-order valence-electron chi connectivity index (χ1n) is 4.36. The smallest absolute Gasteiger partial charge is 0.0709 e. The van der Waals surface area contributed by atoms with Gasteiger partial charge in [0.1, 0.15) is 0 Å². The van der Waals surface area contributed by atoms with Crippen molar-refractivity contribution in [3.8, 4) is 0 Å². The Balaban J connectivity index is 3.20. The third kappa shape index (κ3) is 6.28. The minimum absolute atomic E-state index is 0.173. The van der Waals surface area contributed by atoms with Crippen LogP contribution in [0.1, 0.15) is 26.2 Å². The molecule has 0 aliphatic rings. The van der Waals surface area contributed by atoms with E-state index in [9.17, 15) is 0 Å². The molecule has 0 aromatic rings. The van der Waals surface area contributed by atoms with Crippen LogP contribution >= 0.6 is 0 Å². The van der Waals surface area contributed by atoms with Crippen LogP contribution in [-0.2, 0) is 4.74 Å². The van der Waals surface area contributed by atoms with E-state index in [1.54, 1.807) is 0 Å². The summed E-state index contributed by atoms with van der Waals surface area (Å²) >= 11 is 0. The van der Waals surface area contributed by atoms with Gasteiger partial charge in [0.2, 0.25) is 0 Å². The van der Waals surface area contributed by atoms with E-state index in [1.807, 2.05) is 0 Å². The molecule has 0 heterocycles. The molecular weight excluding hydrogens is 140 g/mol. The number of unbranched alkanes of at least 4 members (excludes halogenated alkanes) is 1. The third-order valence-electron chi connectivity index (χ3n) is 1.60. The molecule has 0 fully saturated rings. The van der Waals surface area contributed by atoms with E-state index in [0.717, 1.165) is 19.4 Å². The average Bonchev–Trinajstić information content (AvgIpc) is 2.03. The molecule has 0 unspecified atom stereocenters. The number of rotatable bonds is 7. The summed E-state index contributed by atoms with van der Waals surface area (Å²) in [6.07, 6.45) is 3.33. The molecule has 0 rings (SSSR count). The molecule has 0 aromatic heterocycles. The van der Waals surface area contributed by atoms with E-state index in [2.05, 4.69) is 6.92 Å². The first-order chi connectivity index (χ1) is 5.35. The zero-order chi connectivity index (χ0) is 8.53. The lowest BCUT2D eigenvalue weighted by Crippen LogP contribution is -2.26. The van der Waals surface area contributed by atoms with Crippen molar-refractivity contribution in [1.82, 2.24) is 0 Å². The molecule has 0 aromatic carbocycles. The highest BCUT2D eigenvalue weighted by Gasteiger charge is 2.03. The standard InChI is InChI=1S/C8H20N2O/c1-2-3-6-11-8(7-10)4-5-9/h8H,2-7,9-10H2,1H3/t8-/m0/s1. The molecule has 0 aliphatic carbocycles. The van der Waals surface area contributed by atoms with Gasteiger partial charge in [0.15, 0.2) is 0 Å². The van der Waals surface area contributed by atoms with Gasteiger partial charge in [-0.1, -0.05) is 13.3 Å². The molecule has 0 aliphatic heterocycles. The van der Waals surface area contributed by atoms with Crippen LogP contribution < -0.4 is 11.5 Å². The molecule has 3 nitrogen and oxygen atoms in total. The quantitative estimate of drug-likeness (QED) is 0.532. The van der Waals surface area contributed by atoms with Gasteiger partial charge in [-0.25, -0.2) is 0 Å². The van der Waals surface area contributed by atoms with Crippen LogP contribution in [0.2, 0.25) is 0 Å². The Hall–Kier alpha value is -0.120. The zero-order valence-electron chi connectivity index (χ0n) is 7.38. The van der Waals surface area contributed by atoms with E-state index in [-0.39, 0.29) is 6.10 Å². The number of nitrogens with two attached hydrogens (primary N) is 2. The SMILES string of the molecule is CCCCO[C@H](CN)CCN. The van der Waals surface area contributed by atoms with E-state index in [1.165, 1.54) is 6.42 Å². The second kappa shape index (κ2) is 7.98. The predicted octanol–water partition coefficient (Wildman–Crippen LogP) is 0.479. The summed E-state index contributed by atoms with van der Waals surface area (Å²) in [5.41, 5.74) is 10.8. The average molecular weight is 160 g/mol. The van der Waals surface area contributed by atoms with Crippen molar-refractivity contribution < 1.29 is 4.74 Å². The van der Waals surface area contributed by atoms with Gasteiger partial charge in [0, 0.05) is 13.2 Å². The summed E-state index contributed by atoms with van der Waals surface area (Å²) in [6.45, 7) is 4.21. The Morgan fingerprint density at radius 2 is 2.09 bits per heavy atom. The van der Waals surface area contributed by atoms with E-state index < -0.39 is 0 Å². The minimum Gasteiger partial charge on any atom is -0.377 e. The van der Waals surface area contributed by atoms with Crippen molar-refractivity contribution in [3.63, 3.8) is 0 Å². The van der Waals surface area contributed by atoms with Gasteiger partial charge in [-0.05, 0) is 19.4 Å². The van der Waals surface area contributed by atoms with Gasteiger partial charge >= 0.3 is 0 Å². The fourth-order valence-corrected chi connectivity index (χ4v) is 0.849. The molecular formula is C8H20N2O. The molecule has 11 heavy (non-hydrogen) atoms. The molecule has 0 radical (unpaired) electrons. The highest BCUT2D eigenvalue weighted by molar-refractivity contribution is 4.58. The van der Waals surface area contributed by atoms with Crippen LogP contribution in [0.4, 0.5) is 0 Å². The lowest BCUT2D eigenvalue weighted by atomic mass is 10.2. The predicted molar refractivity (Wildman–Crippen MR) is 47.4 cm³/mol. The summed E-state index contributed by atoms with van der Waals surface area (Å²) in [4.78, 5) is 0. The fraction of sp³-hybridized carbons (Fsp3) is 1.00. The van der Waals surface area contributed by atoms with Crippen molar-refractivity contribution in [2.45, 2.75) is 32.3 Å². The zero-order valence-corrected chi connectivity index (χ0v) is 7.38. The van der Waals surface area contributed by atoms with Crippen molar-refractivity contribution >= 4 is 0 Å². The Morgan fingerprint density at radius 1 is 1.36 bits per heavy atom. The van der Waals surface area contributed by atoms with Crippen LogP contribution in [0.3, 0.4) is 0 Å². The van der Waals surface area contributed by atoms with Crippen molar-refractivity contribution in [1.29, 1.82) is 0 Å². The second-order valence-corrected chi connectivity index (χ2v) is 2.66.